The number of Topliss-reactive ketones (excluding diaryl/α,β-unsaturated/α-hetero) is 2. The predicted molar refractivity (Wildman–Crippen MR) is 629 cm³/mol. The van der Waals surface area contributed by atoms with Gasteiger partial charge in [0.25, 0.3) is 0 Å². The third-order valence-electron chi connectivity index (χ3n) is 22.1. The number of nitriles is 2. The van der Waals surface area contributed by atoms with Crippen LogP contribution in [0.25, 0.3) is 14.5 Å². The van der Waals surface area contributed by atoms with Crippen LogP contribution in [0.5, 0.6) is 0 Å². The molecule has 0 bridgehead atoms. The Morgan fingerprint density at radius 3 is 1.29 bits per heavy atom. The van der Waals surface area contributed by atoms with Crippen LogP contribution >= 0.6 is 17.0 Å². The molecule has 0 heterocycles. The van der Waals surface area contributed by atoms with Gasteiger partial charge < -0.3 is 44.2 Å². The number of nitrogen functional groups attached to an aromatic ring is 1. The zero-order chi connectivity index (χ0) is 110. The van der Waals surface area contributed by atoms with Crippen molar-refractivity contribution in [2.24, 2.45) is 45.0 Å². The van der Waals surface area contributed by atoms with Crippen molar-refractivity contribution in [2.75, 3.05) is 17.3 Å². The first-order valence-electron chi connectivity index (χ1n) is 51.3. The molecule has 0 amide bonds. The second kappa shape index (κ2) is 84.6. The summed E-state index contributed by atoms with van der Waals surface area (Å²) in [4.78, 5) is 53.4. The van der Waals surface area contributed by atoms with E-state index in [4.69, 9.17) is 51.2 Å². The van der Waals surface area contributed by atoms with Crippen molar-refractivity contribution in [1.82, 2.24) is 4.72 Å². The molecule has 9 N–H and O–H groups in total. The van der Waals surface area contributed by atoms with E-state index in [0.29, 0.717) is 81.5 Å². The van der Waals surface area contributed by atoms with E-state index in [9.17, 15) is 45.8 Å². The van der Waals surface area contributed by atoms with Crippen LogP contribution in [0.15, 0.2) is 174 Å². The van der Waals surface area contributed by atoms with Crippen molar-refractivity contribution < 1.29 is 136 Å². The predicted octanol–water partition coefficient (Wildman–Crippen LogP) is 26.5. The Morgan fingerprint density at radius 2 is 0.967 bits per heavy atom. The van der Waals surface area contributed by atoms with Gasteiger partial charge in [-0.05, 0) is 264 Å². The smallest absolute Gasteiger partial charge is 1.00 e. The van der Waals surface area contributed by atoms with E-state index in [1.54, 1.807) is 182 Å². The van der Waals surface area contributed by atoms with Gasteiger partial charge >= 0.3 is 167 Å². The fourth-order valence-corrected chi connectivity index (χ4v) is 25.7. The maximum absolute atomic E-state index is 13.9. The molecular formula is C118H177BrF2KMgN10O11S3SiSnTi-. The third kappa shape index (κ3) is 76.1. The Labute approximate surface area is 1000 Å². The van der Waals surface area contributed by atoms with Crippen LogP contribution in [0.1, 0.15) is 347 Å². The van der Waals surface area contributed by atoms with E-state index in [-0.39, 0.29) is 177 Å². The molecule has 0 saturated heterocycles. The monoisotopic (exact) mass is 2380 g/mol. The molecule has 7 aromatic carbocycles. The summed E-state index contributed by atoms with van der Waals surface area (Å²) in [5, 5.41) is 47.3. The summed E-state index contributed by atoms with van der Waals surface area (Å²) in [6, 6.07) is 51.6. The van der Waals surface area contributed by atoms with Crippen molar-refractivity contribution >= 4 is 159 Å². The zero-order valence-electron chi connectivity index (χ0n) is 95.9. The molecule has 5 saturated carbocycles. The summed E-state index contributed by atoms with van der Waals surface area (Å²) in [6.45, 7) is 70.5. The van der Waals surface area contributed by atoms with Crippen LogP contribution in [-0.4, -0.2) is 153 Å². The van der Waals surface area contributed by atoms with Gasteiger partial charge in [-0.2, -0.15) is 39.0 Å². The molecule has 0 aromatic heterocycles. The number of aldehydes is 1. The number of nitrogens with one attached hydrogen (secondary N) is 1. The minimum Gasteiger partial charge on any atom is -1.00 e. The first-order chi connectivity index (χ1) is 67.9. The molecule has 3 unspecified atom stereocenters. The van der Waals surface area contributed by atoms with Gasteiger partial charge in [-0.1, -0.05) is 181 Å². The quantitative estimate of drug-likeness (QED) is 0.00434. The SMILES string of the molecule is Br.CC(C)(C)S(=O)N=C(CCC1CC1)c1ccc(C#N)cc1.CC(C)(C)S(=O)NC(CCC1CC1)(c1ccc(C#N)cc1)c1ccc(F)c(N)c1.CC(C)(C)[S@](N)=O.CC(C)O.CC(C)O.CC(C)O.CCC[CH2][SnH]([CH2]CCC)[CH2]CCC.CN(c1c[c-]ccc1F)[Si](C)(C)C.O=CC1CC1.[C-]#[N+]c1ccc(C(=O)/C=C/C2CC2)cc1.[C-]#[N+]c1ccc(C(=O)CCC2CC2)cc1.[C-]#[N+]c1ccc(C(C)=O)cc1.[CH2-]C(C)C.[H-].[K+].[Mg+2].[OH-].[Ti]. The fourth-order valence-electron chi connectivity index (χ4n) is 12.2. The third-order valence-corrected chi connectivity index (χ3v) is 39.1. The number of unbranched alkanes of at least 4 members (excludes halogenated alkanes) is 3. The Bertz CT molecular complexity index is 5250. The summed E-state index contributed by atoms with van der Waals surface area (Å²) in [5.41, 5.74) is 14.3. The molecule has 21 nitrogen and oxygen atoms in total. The Balaban J connectivity index is -0.000000310. The number of carbonyl (C=O) groups excluding carboxylic acids is 4. The Hall–Kier alpha value is -5.64. The van der Waals surface area contributed by atoms with Gasteiger partial charge in [0, 0.05) is 74.9 Å². The molecule has 5 aliphatic rings. The van der Waals surface area contributed by atoms with E-state index < -0.39 is 77.1 Å². The molecule has 12 rings (SSSR count). The van der Waals surface area contributed by atoms with Crippen LogP contribution in [0, 0.1) is 103 Å². The number of aliphatic hydroxyl groups excluding tert-OH is 3. The second-order valence-electron chi connectivity index (χ2n) is 42.3. The summed E-state index contributed by atoms with van der Waals surface area (Å²) < 4.78 is 77.0. The van der Waals surface area contributed by atoms with Crippen molar-refractivity contribution in [2.45, 2.75) is 358 Å². The van der Waals surface area contributed by atoms with Gasteiger partial charge in [0.1, 0.15) is 31.3 Å². The van der Waals surface area contributed by atoms with E-state index in [0.717, 1.165) is 84.6 Å². The minimum absolute atomic E-state index is 0. The summed E-state index contributed by atoms with van der Waals surface area (Å²) >= 11 is -0.967. The molecule has 0 aliphatic heterocycles. The molecule has 5 aliphatic carbocycles. The van der Waals surface area contributed by atoms with Gasteiger partial charge in [-0.15, -0.1) is 23.0 Å². The van der Waals surface area contributed by atoms with Gasteiger partial charge in [-0.3, -0.25) is 19.5 Å². The van der Waals surface area contributed by atoms with Gasteiger partial charge in [-0.25, -0.2) is 40.7 Å². The number of anilines is 2. The maximum Gasteiger partial charge on any atom is 2.00 e. The normalized spacial score (nSPS) is 13.8. The number of carbonyl (C=O) groups is 4. The molecule has 820 valence electrons. The van der Waals surface area contributed by atoms with E-state index >= 15 is 0 Å². The Kier molecular flexibility index (Phi) is 87.4. The topological polar surface area (TPSA) is 351 Å². The second-order valence-corrected chi connectivity index (χ2v) is 62.9. The summed E-state index contributed by atoms with van der Waals surface area (Å²) in [7, 11) is -3.32. The zero-order valence-corrected chi connectivity index (χ0v) is 109. The largest absolute Gasteiger partial charge is 2.00 e. The standard InChI is InChI=1S/C23H28FN3OS.C17H22N2OS.C13H13NO.C13H11NO.C10H15FNSi.C9H7NO.C4H11NOS.C4H6O.4C4H9.3C3H8O.BrH.K.Mg.H2O.Sn.Ti.2H/c1-22(2,3)29(28)27-23(13-12-16-4-5-16,18-8-6-17(15-25)7-9-18)19-10-11-20(24)21(26)14-19;1-17(2,3)21(20)19-16(11-8-13-4-5-13)15-9-6-14(12-18)7-10-15;2*1-14-12-7-5-11(6-8-12)13(15)9-4-10-2-3-10;1-12(13(2,3)4)10-8-6-5-7-9(10)11;1-7(11)8-3-5-9(10-2)6-4-8;1-4(2,3)7(5)6;5-3-4-1-2-4;1-4(2)3;3*1-3-4-2;3*1-3(2)4;;;;;;;;/h6-11,14,16,27H,4-5,12-13,26H2,1-3H3;6-7,9-10,13H,4-5,8,11H2,1-3H3;5-8,10H,2-4,9H2;4-10H,2-3H2;5,7-8H,1-4H3;3-6H,1H3;5H2,1-3H3;3-4H,1-2H2;4H,1H2,2-3H3;3*1,3-4H2,2H3;3*3-4H,1-2H3;1H;;;1H2;;;;/q;;;;-1;;;;-1;;;;;;;;+1;+2;;;;;-1/p-1/b;;;9-4+;;;;;;;;;;;;;;;;;;;/t;;;;;;7-;;;;;;;;;;;;;;;;/m......1................/s1. The average Bonchev–Trinajstić information content (AvgIpc) is 1.58. The molecule has 7 aromatic rings. The van der Waals surface area contributed by atoms with Crippen LogP contribution < -0.4 is 71.5 Å². The maximum atomic E-state index is 13.9. The van der Waals surface area contributed by atoms with Gasteiger partial charge in [0.2, 0.25) is 0 Å². The summed E-state index contributed by atoms with van der Waals surface area (Å²) in [5.74, 6) is 3.57. The van der Waals surface area contributed by atoms with Crippen molar-refractivity contribution in [3.8, 4) is 12.1 Å². The number of nitrogens with two attached hydrogens (primary N) is 2. The number of nitrogens with zero attached hydrogens (tertiary/aromatic N) is 7. The van der Waals surface area contributed by atoms with Crippen LogP contribution in [0.4, 0.5) is 37.2 Å². The number of hydrogen-bond acceptors (Lipinski definition) is 15. The molecule has 32 heteroatoms. The average molecular weight is 2380 g/mol. The van der Waals surface area contributed by atoms with Crippen molar-refractivity contribution in [1.29, 1.82) is 10.5 Å². The van der Waals surface area contributed by atoms with Crippen molar-refractivity contribution in [3.05, 3.63) is 273 Å². The molecular weight excluding hydrogens is 2210 g/mol. The molecule has 4 atom stereocenters. The summed E-state index contributed by atoms with van der Waals surface area (Å²) in [6.07, 6.45) is 30.7. The molecule has 0 spiro atoms. The van der Waals surface area contributed by atoms with E-state index in [1.807, 2.05) is 104 Å². The van der Waals surface area contributed by atoms with Crippen LogP contribution in [-0.2, 0) is 65.0 Å². The number of rotatable bonds is 32. The first-order valence-corrected chi connectivity index (χ1v) is 65.2. The minimum atomic E-state index is -1.46. The number of ketones is 3. The number of aliphatic hydroxyl groups is 3. The van der Waals surface area contributed by atoms with E-state index in [2.05, 4.69) is 103 Å². The molecule has 0 radical (unpaired) electrons. The number of halogens is 3. The number of hydrogen-bond donors (Lipinski definition) is 6. The van der Waals surface area contributed by atoms with Crippen LogP contribution in [0.3, 0.4) is 0 Å². The fraction of sp³-hybridized carbons (Fsp3) is 0.534. The van der Waals surface area contributed by atoms with Gasteiger partial charge in [0.05, 0.1) is 96.1 Å². The molecule has 5 fully saturated rings. The van der Waals surface area contributed by atoms with E-state index in [1.165, 1.54) is 109 Å². The Morgan fingerprint density at radius 1 is 0.600 bits per heavy atom. The van der Waals surface area contributed by atoms with Crippen molar-refractivity contribution in [3.63, 3.8) is 0 Å². The first kappa shape index (κ1) is 155. The van der Waals surface area contributed by atoms with Crippen LogP contribution in [0.2, 0.25) is 33.0 Å². The number of benzene rings is 7. The van der Waals surface area contributed by atoms with Gasteiger partial charge in [0.15, 0.2) is 34.4 Å². The number of allylic oxidation sites excluding steroid dienone is 2. The molecule has 150 heavy (non-hydrogen) atoms.